The maximum Gasteiger partial charge on any atom is 0.408 e. The number of amides is 4. The first-order valence-electron chi connectivity index (χ1n) is 17.9. The minimum absolute atomic E-state index is 0.000920. The summed E-state index contributed by atoms with van der Waals surface area (Å²) < 4.78 is 45.0. The number of sulfonamides is 1. The molecule has 3 aliphatic carbocycles. The number of benzene rings is 1. The van der Waals surface area contributed by atoms with Gasteiger partial charge in [-0.25, -0.2) is 18.2 Å². The van der Waals surface area contributed by atoms with Gasteiger partial charge in [0.1, 0.15) is 35.6 Å². The second-order valence-electron chi connectivity index (χ2n) is 15.7. The van der Waals surface area contributed by atoms with Gasteiger partial charge in [-0.15, -0.1) is 6.58 Å². The van der Waals surface area contributed by atoms with Gasteiger partial charge in [0.2, 0.25) is 27.7 Å². The summed E-state index contributed by atoms with van der Waals surface area (Å²) in [5.41, 5.74) is -1.27. The van der Waals surface area contributed by atoms with E-state index in [2.05, 4.69) is 26.9 Å². The number of ether oxygens (including phenoxy) is 2. The predicted octanol–water partition coefficient (Wildman–Crippen LogP) is 3.85. The summed E-state index contributed by atoms with van der Waals surface area (Å²) in [5, 5.41) is 4.97. The van der Waals surface area contributed by atoms with Crippen LogP contribution < -0.4 is 15.4 Å². The van der Waals surface area contributed by atoms with Gasteiger partial charge in [0.15, 0.2) is 0 Å². The molecular formula is C37H49N5O9S. The molecular weight excluding hydrogens is 691 g/mol. The molecule has 1 aromatic heterocycles. The van der Waals surface area contributed by atoms with Crippen molar-refractivity contribution in [3.05, 3.63) is 54.4 Å². The van der Waals surface area contributed by atoms with Gasteiger partial charge >= 0.3 is 6.09 Å². The van der Waals surface area contributed by atoms with Gasteiger partial charge in [-0.2, -0.15) is 0 Å². The van der Waals surface area contributed by atoms with Gasteiger partial charge in [-0.1, -0.05) is 39.0 Å². The Hall–Kier alpha value is -4.24. The molecule has 3 saturated carbocycles. The topological polar surface area (TPSA) is 186 Å². The lowest BCUT2D eigenvalue weighted by Gasteiger charge is -2.36. The van der Waals surface area contributed by atoms with Crippen LogP contribution in [0.25, 0.3) is 11.5 Å². The number of carbonyl (C=O) groups excluding carboxylic acids is 4. The zero-order valence-electron chi connectivity index (χ0n) is 30.4. The number of hydrogen-bond donors (Lipinski definition) is 3. The smallest absolute Gasteiger partial charge is 0.408 e. The molecule has 0 spiro atoms. The fourth-order valence-electron chi connectivity index (χ4n) is 7.50. The van der Waals surface area contributed by atoms with Crippen molar-refractivity contribution in [2.24, 2.45) is 11.3 Å². The number of methoxy groups -OCH3 is 1. The first-order chi connectivity index (χ1) is 24.5. The molecule has 52 heavy (non-hydrogen) atoms. The van der Waals surface area contributed by atoms with Crippen molar-refractivity contribution in [1.29, 1.82) is 0 Å². The van der Waals surface area contributed by atoms with Crippen molar-refractivity contribution < 1.29 is 41.5 Å². The standard InChI is InChI=1S/C37H49N5O9S/c1-7-23-19-37(23,33(45)41-52(47,48)26-13-14-26)40-30(43)28-20-36(49-6,24-12-15-27(22(2)18-24)31-38-16-17-50-31)21-42(28)32(44)29(35(3,4)5)39-34(46)51-25-10-8-9-11-25/h7,12,15-18,23,25-26,28-29H,1,8-11,13-14,19-21H2,2-6H3,(H,39,46)(H,40,43)(H,41,45)/t23-,28+,29-,36+,37-/m1/s1. The van der Waals surface area contributed by atoms with Crippen molar-refractivity contribution in [2.75, 3.05) is 13.7 Å². The zero-order valence-corrected chi connectivity index (χ0v) is 31.2. The highest BCUT2D eigenvalue weighted by Gasteiger charge is 2.62. The minimum atomic E-state index is -3.90. The summed E-state index contributed by atoms with van der Waals surface area (Å²) in [6, 6.07) is 3.31. The Morgan fingerprint density at radius 2 is 1.83 bits per heavy atom. The van der Waals surface area contributed by atoms with E-state index in [1.54, 1.807) is 6.20 Å². The van der Waals surface area contributed by atoms with Gasteiger partial charge in [-0.3, -0.25) is 19.1 Å². The Balaban J connectivity index is 1.33. The van der Waals surface area contributed by atoms with Crippen LogP contribution >= 0.6 is 0 Å². The molecule has 6 rings (SSSR count). The Kier molecular flexibility index (Phi) is 10.1. The Morgan fingerprint density at radius 1 is 1.12 bits per heavy atom. The van der Waals surface area contributed by atoms with E-state index in [0.717, 1.165) is 36.8 Å². The van der Waals surface area contributed by atoms with Gasteiger partial charge in [0.05, 0.1) is 18.0 Å². The lowest BCUT2D eigenvalue weighted by molar-refractivity contribution is -0.143. The van der Waals surface area contributed by atoms with E-state index in [4.69, 9.17) is 13.9 Å². The third kappa shape index (κ3) is 7.34. The van der Waals surface area contributed by atoms with Gasteiger partial charge in [-0.05, 0) is 74.5 Å². The van der Waals surface area contributed by atoms with Gasteiger partial charge in [0.25, 0.3) is 5.91 Å². The number of nitrogens with one attached hydrogen (secondary N) is 3. The molecule has 2 heterocycles. The summed E-state index contributed by atoms with van der Waals surface area (Å²) in [7, 11) is -2.40. The largest absolute Gasteiger partial charge is 0.446 e. The van der Waals surface area contributed by atoms with Crippen LogP contribution in [0.5, 0.6) is 0 Å². The minimum Gasteiger partial charge on any atom is -0.446 e. The molecule has 4 aliphatic rings. The normalized spacial score (nSPS) is 26.8. The molecule has 4 amide bonds. The molecule has 4 fully saturated rings. The average Bonchev–Trinajstić information content (AvgIpc) is 3.85. The molecule has 0 bridgehead atoms. The van der Waals surface area contributed by atoms with E-state index in [9.17, 15) is 27.6 Å². The van der Waals surface area contributed by atoms with E-state index >= 15 is 0 Å². The maximum absolute atomic E-state index is 14.7. The van der Waals surface area contributed by atoms with E-state index in [-0.39, 0.29) is 25.5 Å². The monoisotopic (exact) mass is 739 g/mol. The number of likely N-dealkylation sites (tertiary alicyclic amines) is 1. The SMILES string of the molecule is C=C[C@@H]1C[C@]1(NC(=O)[C@@H]1C[C@@](OC)(c2ccc(-c3ncco3)c(C)c2)CN1C(=O)[C@@H](NC(=O)OC1CCCC1)C(C)(C)C)C(=O)NS(=O)(=O)C1CC1. The van der Waals surface area contributed by atoms with E-state index in [1.807, 2.05) is 45.9 Å². The number of rotatable bonds is 12. The molecule has 3 N–H and O–H groups in total. The third-order valence-electron chi connectivity index (χ3n) is 10.9. The first kappa shape index (κ1) is 37.5. The van der Waals surface area contributed by atoms with Crippen LogP contribution in [-0.4, -0.2) is 84.7 Å². The molecule has 1 saturated heterocycles. The number of nitrogens with zero attached hydrogens (tertiary/aromatic N) is 2. The Labute approximate surface area is 304 Å². The summed E-state index contributed by atoms with van der Waals surface area (Å²) in [4.78, 5) is 61.5. The van der Waals surface area contributed by atoms with Gasteiger partial charge < -0.3 is 29.4 Å². The second kappa shape index (κ2) is 14.0. The molecule has 5 atom stereocenters. The summed E-state index contributed by atoms with van der Waals surface area (Å²) in [6.07, 6.45) is 8.09. The molecule has 2 aromatic rings. The van der Waals surface area contributed by atoms with Crippen LogP contribution in [0.15, 0.2) is 47.7 Å². The summed E-state index contributed by atoms with van der Waals surface area (Å²) in [6.45, 7) is 11.0. The number of alkyl carbamates (subject to hydrolysis) is 1. The number of aromatic nitrogens is 1. The van der Waals surface area contributed by atoms with Gasteiger partial charge in [0, 0.05) is 25.0 Å². The van der Waals surface area contributed by atoms with Crippen LogP contribution in [0.1, 0.15) is 83.3 Å². The van der Waals surface area contributed by atoms with Crippen LogP contribution in [0.3, 0.4) is 0 Å². The van der Waals surface area contributed by atoms with Crippen molar-refractivity contribution in [3.8, 4) is 11.5 Å². The molecule has 1 aliphatic heterocycles. The Bertz CT molecular complexity index is 1830. The van der Waals surface area contributed by atoms with Crippen molar-refractivity contribution >= 4 is 33.8 Å². The highest BCUT2D eigenvalue weighted by molar-refractivity contribution is 7.91. The summed E-state index contributed by atoms with van der Waals surface area (Å²) >= 11 is 0. The van der Waals surface area contributed by atoms with Crippen LogP contribution in [0.2, 0.25) is 0 Å². The number of aryl methyl sites for hydroxylation is 1. The number of hydrogen-bond acceptors (Lipinski definition) is 10. The molecule has 282 valence electrons. The van der Waals surface area contributed by atoms with Crippen LogP contribution in [-0.2, 0) is 39.5 Å². The van der Waals surface area contributed by atoms with E-state index in [1.165, 1.54) is 24.3 Å². The summed E-state index contributed by atoms with van der Waals surface area (Å²) in [5.74, 6) is -2.12. The predicted molar refractivity (Wildman–Crippen MR) is 190 cm³/mol. The first-order valence-corrected chi connectivity index (χ1v) is 19.4. The third-order valence-corrected chi connectivity index (χ3v) is 12.7. The average molecular weight is 740 g/mol. The fraction of sp³-hybridized carbons (Fsp3) is 0.595. The lowest BCUT2D eigenvalue weighted by Crippen LogP contribution is -2.60. The molecule has 1 aromatic carbocycles. The number of carbonyl (C=O) groups is 4. The van der Waals surface area contributed by atoms with Crippen molar-refractivity contribution in [3.63, 3.8) is 0 Å². The van der Waals surface area contributed by atoms with Crippen LogP contribution in [0.4, 0.5) is 4.79 Å². The maximum atomic E-state index is 14.7. The molecule has 14 nitrogen and oxygen atoms in total. The molecule has 0 radical (unpaired) electrons. The Morgan fingerprint density at radius 3 is 2.38 bits per heavy atom. The number of oxazole rings is 1. The molecule has 15 heteroatoms. The second-order valence-corrected chi connectivity index (χ2v) is 17.6. The fourth-order valence-corrected chi connectivity index (χ4v) is 8.86. The van der Waals surface area contributed by atoms with Crippen LogP contribution in [0, 0.1) is 18.3 Å². The highest BCUT2D eigenvalue weighted by atomic mass is 32.2. The van der Waals surface area contributed by atoms with E-state index < -0.39 is 73.6 Å². The quantitative estimate of drug-likeness (QED) is 0.270. The van der Waals surface area contributed by atoms with E-state index in [0.29, 0.717) is 24.3 Å². The lowest BCUT2D eigenvalue weighted by atomic mass is 9.85. The van der Waals surface area contributed by atoms with Crippen molar-refractivity contribution in [2.45, 2.75) is 114 Å². The van der Waals surface area contributed by atoms with Crippen molar-refractivity contribution in [1.82, 2.24) is 25.2 Å². The molecule has 0 unspecified atom stereocenters. The zero-order chi connectivity index (χ0) is 37.6. The highest BCUT2D eigenvalue weighted by Crippen LogP contribution is 2.47.